The maximum atomic E-state index is 3.58. The van der Waals surface area contributed by atoms with E-state index in [1.165, 1.54) is 15.6 Å². The molecule has 1 N–H and O–H groups in total. The fraction of sp³-hybridized carbons (Fsp3) is 0.571. The molecular formula is C14H21BrN2. The standard InChI is InChI=1S/C14H21BrN2/c1-11(2)14-4-3-13(15)9-12(14)10-17-7-5-16-6-8-17/h3-4,9,11,16H,5-8,10H2,1-2H3. The summed E-state index contributed by atoms with van der Waals surface area (Å²) in [6.07, 6.45) is 0. The lowest BCUT2D eigenvalue weighted by molar-refractivity contribution is 0.232. The largest absolute Gasteiger partial charge is 0.314 e. The van der Waals surface area contributed by atoms with Gasteiger partial charge in [0.15, 0.2) is 0 Å². The number of piperazine rings is 1. The third-order valence-electron chi connectivity index (χ3n) is 3.33. The molecule has 0 bridgehead atoms. The van der Waals surface area contributed by atoms with Crippen LogP contribution in [0.3, 0.4) is 0 Å². The van der Waals surface area contributed by atoms with Crippen LogP contribution in [0.5, 0.6) is 0 Å². The van der Waals surface area contributed by atoms with Gasteiger partial charge in [0, 0.05) is 37.2 Å². The smallest absolute Gasteiger partial charge is 0.0238 e. The number of hydrogen-bond donors (Lipinski definition) is 1. The van der Waals surface area contributed by atoms with Crippen molar-refractivity contribution in [1.29, 1.82) is 0 Å². The fourth-order valence-corrected chi connectivity index (χ4v) is 2.79. The molecule has 0 aromatic heterocycles. The molecule has 2 rings (SSSR count). The monoisotopic (exact) mass is 296 g/mol. The average Bonchev–Trinajstić information content (AvgIpc) is 2.30. The van der Waals surface area contributed by atoms with Gasteiger partial charge in [0.05, 0.1) is 0 Å². The van der Waals surface area contributed by atoms with Gasteiger partial charge in [-0.1, -0.05) is 35.8 Å². The minimum Gasteiger partial charge on any atom is -0.314 e. The fourth-order valence-electron chi connectivity index (χ4n) is 2.38. The van der Waals surface area contributed by atoms with Gasteiger partial charge in [0.25, 0.3) is 0 Å². The second-order valence-electron chi connectivity index (χ2n) is 5.02. The highest BCUT2D eigenvalue weighted by Gasteiger charge is 2.13. The van der Waals surface area contributed by atoms with Crippen molar-refractivity contribution in [1.82, 2.24) is 10.2 Å². The summed E-state index contributed by atoms with van der Waals surface area (Å²) in [7, 11) is 0. The third kappa shape index (κ3) is 3.54. The molecule has 0 radical (unpaired) electrons. The van der Waals surface area contributed by atoms with E-state index < -0.39 is 0 Å². The first-order chi connectivity index (χ1) is 8.16. The van der Waals surface area contributed by atoms with E-state index in [9.17, 15) is 0 Å². The number of benzene rings is 1. The molecule has 0 amide bonds. The lowest BCUT2D eigenvalue weighted by Crippen LogP contribution is -2.43. The van der Waals surface area contributed by atoms with E-state index >= 15 is 0 Å². The molecule has 1 aliphatic heterocycles. The lowest BCUT2D eigenvalue weighted by Gasteiger charge is -2.28. The van der Waals surface area contributed by atoms with E-state index in [1.54, 1.807) is 0 Å². The van der Waals surface area contributed by atoms with Gasteiger partial charge in [-0.2, -0.15) is 0 Å². The Morgan fingerprint density at radius 2 is 2.00 bits per heavy atom. The van der Waals surface area contributed by atoms with Crippen LogP contribution in [0.4, 0.5) is 0 Å². The molecule has 3 heteroatoms. The second-order valence-corrected chi connectivity index (χ2v) is 5.94. The minimum atomic E-state index is 0.598. The van der Waals surface area contributed by atoms with Crippen LogP contribution >= 0.6 is 15.9 Å². The molecule has 0 atom stereocenters. The highest BCUT2D eigenvalue weighted by molar-refractivity contribution is 9.10. The van der Waals surface area contributed by atoms with Gasteiger partial charge >= 0.3 is 0 Å². The molecular weight excluding hydrogens is 276 g/mol. The van der Waals surface area contributed by atoms with Gasteiger partial charge in [-0.25, -0.2) is 0 Å². The Hall–Kier alpha value is -0.380. The van der Waals surface area contributed by atoms with Crippen molar-refractivity contribution >= 4 is 15.9 Å². The van der Waals surface area contributed by atoms with E-state index in [0.717, 1.165) is 32.7 Å². The second kappa shape index (κ2) is 5.98. The Balaban J connectivity index is 2.14. The van der Waals surface area contributed by atoms with Gasteiger partial charge in [-0.15, -0.1) is 0 Å². The zero-order valence-electron chi connectivity index (χ0n) is 10.7. The summed E-state index contributed by atoms with van der Waals surface area (Å²) < 4.78 is 1.19. The topological polar surface area (TPSA) is 15.3 Å². The molecule has 2 nitrogen and oxygen atoms in total. The number of nitrogens with zero attached hydrogens (tertiary/aromatic N) is 1. The molecule has 0 saturated carbocycles. The van der Waals surface area contributed by atoms with Crippen LogP contribution in [0, 0.1) is 0 Å². The zero-order chi connectivity index (χ0) is 12.3. The number of hydrogen-bond acceptors (Lipinski definition) is 2. The highest BCUT2D eigenvalue weighted by Crippen LogP contribution is 2.24. The summed E-state index contributed by atoms with van der Waals surface area (Å²) >= 11 is 3.58. The van der Waals surface area contributed by atoms with Crippen molar-refractivity contribution in [2.45, 2.75) is 26.3 Å². The summed E-state index contributed by atoms with van der Waals surface area (Å²) in [4.78, 5) is 2.53. The van der Waals surface area contributed by atoms with Crippen LogP contribution in [-0.4, -0.2) is 31.1 Å². The molecule has 1 aromatic carbocycles. The molecule has 94 valence electrons. The van der Waals surface area contributed by atoms with Crippen LogP contribution < -0.4 is 5.32 Å². The van der Waals surface area contributed by atoms with Crippen molar-refractivity contribution in [2.24, 2.45) is 0 Å². The summed E-state index contributed by atoms with van der Waals surface area (Å²) in [5.41, 5.74) is 2.95. The van der Waals surface area contributed by atoms with E-state index in [4.69, 9.17) is 0 Å². The molecule has 1 fully saturated rings. The summed E-state index contributed by atoms with van der Waals surface area (Å²) in [6.45, 7) is 10.2. The van der Waals surface area contributed by atoms with E-state index in [1.807, 2.05) is 0 Å². The first-order valence-electron chi connectivity index (χ1n) is 6.38. The van der Waals surface area contributed by atoms with Crippen LogP contribution in [0.25, 0.3) is 0 Å². The molecule has 0 aliphatic carbocycles. The number of halogens is 1. The Morgan fingerprint density at radius 1 is 1.29 bits per heavy atom. The van der Waals surface area contributed by atoms with Crippen molar-refractivity contribution in [2.75, 3.05) is 26.2 Å². The predicted molar refractivity (Wildman–Crippen MR) is 76.4 cm³/mol. The molecule has 1 aromatic rings. The Morgan fingerprint density at radius 3 is 2.65 bits per heavy atom. The maximum absolute atomic E-state index is 3.58. The van der Waals surface area contributed by atoms with E-state index in [-0.39, 0.29) is 0 Å². The predicted octanol–water partition coefficient (Wildman–Crippen LogP) is 2.98. The minimum absolute atomic E-state index is 0.598. The van der Waals surface area contributed by atoms with Gasteiger partial charge in [0.2, 0.25) is 0 Å². The molecule has 1 aliphatic rings. The first kappa shape index (κ1) is 13.1. The van der Waals surface area contributed by atoms with E-state index in [0.29, 0.717) is 5.92 Å². The Bertz CT molecular complexity index is 370. The molecule has 1 heterocycles. The van der Waals surface area contributed by atoms with Crippen LogP contribution in [0.15, 0.2) is 22.7 Å². The maximum Gasteiger partial charge on any atom is 0.0238 e. The Kier molecular flexibility index (Phi) is 4.60. The number of nitrogens with one attached hydrogen (secondary N) is 1. The quantitative estimate of drug-likeness (QED) is 0.922. The Labute approximate surface area is 113 Å². The van der Waals surface area contributed by atoms with Crippen molar-refractivity contribution in [3.05, 3.63) is 33.8 Å². The number of rotatable bonds is 3. The summed E-state index contributed by atoms with van der Waals surface area (Å²) in [5, 5.41) is 3.40. The SMILES string of the molecule is CC(C)c1ccc(Br)cc1CN1CCNCC1. The van der Waals surface area contributed by atoms with Crippen molar-refractivity contribution in [3.63, 3.8) is 0 Å². The summed E-state index contributed by atoms with van der Waals surface area (Å²) in [5.74, 6) is 0.598. The van der Waals surface area contributed by atoms with Gasteiger partial charge < -0.3 is 5.32 Å². The normalized spacial score (nSPS) is 17.6. The molecule has 0 unspecified atom stereocenters. The van der Waals surface area contributed by atoms with E-state index in [2.05, 4.69) is 58.2 Å². The zero-order valence-corrected chi connectivity index (χ0v) is 12.3. The van der Waals surface area contributed by atoms with Crippen molar-refractivity contribution in [3.8, 4) is 0 Å². The van der Waals surface area contributed by atoms with Crippen LogP contribution in [0.2, 0.25) is 0 Å². The average molecular weight is 297 g/mol. The van der Waals surface area contributed by atoms with Crippen LogP contribution in [-0.2, 0) is 6.54 Å². The van der Waals surface area contributed by atoms with Gasteiger partial charge in [-0.05, 0) is 29.2 Å². The molecule has 17 heavy (non-hydrogen) atoms. The van der Waals surface area contributed by atoms with Gasteiger partial charge in [0.1, 0.15) is 0 Å². The highest BCUT2D eigenvalue weighted by atomic mass is 79.9. The molecule has 1 saturated heterocycles. The third-order valence-corrected chi connectivity index (χ3v) is 3.82. The first-order valence-corrected chi connectivity index (χ1v) is 7.17. The van der Waals surface area contributed by atoms with Crippen molar-refractivity contribution < 1.29 is 0 Å². The molecule has 0 spiro atoms. The summed E-state index contributed by atoms with van der Waals surface area (Å²) in [6, 6.07) is 6.68. The van der Waals surface area contributed by atoms with Gasteiger partial charge in [-0.3, -0.25) is 4.90 Å². The van der Waals surface area contributed by atoms with Crippen LogP contribution in [0.1, 0.15) is 30.9 Å². The lowest BCUT2D eigenvalue weighted by atomic mass is 9.97.